The molecule has 3 nitrogen and oxygen atoms in total. The second-order valence-electron chi connectivity index (χ2n) is 3.44. The summed E-state index contributed by atoms with van der Waals surface area (Å²) in [5, 5.41) is 9.76. The van der Waals surface area contributed by atoms with Crippen molar-refractivity contribution < 1.29 is 14.6 Å². The molecular formula is C12H15BrO3. The van der Waals surface area contributed by atoms with Gasteiger partial charge in [0.25, 0.3) is 0 Å². The number of carbonyl (C=O) groups is 1. The van der Waals surface area contributed by atoms with Gasteiger partial charge in [0.2, 0.25) is 0 Å². The number of carboxylic acids is 1. The van der Waals surface area contributed by atoms with E-state index in [9.17, 15) is 4.79 Å². The maximum atomic E-state index is 10.8. The van der Waals surface area contributed by atoms with E-state index in [2.05, 4.69) is 15.9 Å². The van der Waals surface area contributed by atoms with Crippen molar-refractivity contribution >= 4 is 21.9 Å². The first-order chi connectivity index (χ1) is 7.67. The minimum Gasteiger partial charge on any atom is -0.479 e. The molecular weight excluding hydrogens is 272 g/mol. The Morgan fingerprint density at radius 3 is 2.50 bits per heavy atom. The molecule has 16 heavy (non-hydrogen) atoms. The summed E-state index contributed by atoms with van der Waals surface area (Å²) >= 11 is 3.37. The molecule has 0 aliphatic rings. The molecule has 4 heteroatoms. The summed E-state index contributed by atoms with van der Waals surface area (Å²) in [5.41, 5.74) is 1.20. The van der Waals surface area contributed by atoms with Crippen LogP contribution in [0.3, 0.4) is 0 Å². The first kappa shape index (κ1) is 13.0. The highest BCUT2D eigenvalue weighted by molar-refractivity contribution is 9.09. The summed E-state index contributed by atoms with van der Waals surface area (Å²) in [6.07, 6.45) is 0.650. The van der Waals surface area contributed by atoms with E-state index in [1.807, 2.05) is 24.3 Å². The third-order valence-corrected chi connectivity index (χ3v) is 2.63. The van der Waals surface area contributed by atoms with Crippen LogP contribution in [0.15, 0.2) is 24.3 Å². The summed E-state index contributed by atoms with van der Waals surface area (Å²) in [5.74, 6) is -0.320. The van der Waals surface area contributed by atoms with Crippen LogP contribution >= 0.6 is 15.9 Å². The SMILES string of the molecule is CCC(Oc1ccc(CCBr)cc1)C(=O)O. The minimum atomic E-state index is -0.924. The lowest BCUT2D eigenvalue weighted by molar-refractivity contribution is -0.145. The number of benzene rings is 1. The number of halogens is 1. The third-order valence-electron chi connectivity index (χ3n) is 2.23. The van der Waals surface area contributed by atoms with Gasteiger partial charge in [0.1, 0.15) is 5.75 Å². The van der Waals surface area contributed by atoms with Crippen molar-refractivity contribution in [2.24, 2.45) is 0 Å². The fraction of sp³-hybridized carbons (Fsp3) is 0.417. The van der Waals surface area contributed by atoms with Crippen LogP contribution in [0.4, 0.5) is 0 Å². The first-order valence-corrected chi connectivity index (χ1v) is 6.34. The van der Waals surface area contributed by atoms with E-state index in [-0.39, 0.29) is 0 Å². The van der Waals surface area contributed by atoms with Crippen LogP contribution in [-0.2, 0) is 11.2 Å². The minimum absolute atomic E-state index is 0.457. The molecule has 88 valence electrons. The summed E-state index contributed by atoms with van der Waals surface area (Å²) in [4.78, 5) is 10.8. The predicted molar refractivity (Wildman–Crippen MR) is 66.3 cm³/mol. The summed E-state index contributed by atoms with van der Waals surface area (Å²) in [6, 6.07) is 7.52. The van der Waals surface area contributed by atoms with Crippen molar-refractivity contribution in [3.8, 4) is 5.75 Å². The molecule has 0 aliphatic heterocycles. The van der Waals surface area contributed by atoms with E-state index in [0.717, 1.165) is 11.8 Å². The molecule has 0 aromatic heterocycles. The molecule has 1 rings (SSSR count). The van der Waals surface area contributed by atoms with Crippen molar-refractivity contribution in [2.75, 3.05) is 5.33 Å². The fourth-order valence-corrected chi connectivity index (χ4v) is 1.77. The highest BCUT2D eigenvalue weighted by Crippen LogP contribution is 2.15. The van der Waals surface area contributed by atoms with Gasteiger partial charge in [0.15, 0.2) is 6.10 Å². The maximum Gasteiger partial charge on any atom is 0.344 e. The molecule has 0 aliphatic carbocycles. The van der Waals surface area contributed by atoms with Crippen molar-refractivity contribution in [2.45, 2.75) is 25.9 Å². The van der Waals surface area contributed by atoms with E-state index in [1.54, 1.807) is 6.92 Å². The highest BCUT2D eigenvalue weighted by atomic mass is 79.9. The average Bonchev–Trinajstić information content (AvgIpc) is 2.28. The zero-order valence-electron chi connectivity index (χ0n) is 9.15. The van der Waals surface area contributed by atoms with Crippen molar-refractivity contribution in [3.05, 3.63) is 29.8 Å². The van der Waals surface area contributed by atoms with E-state index >= 15 is 0 Å². The van der Waals surface area contributed by atoms with Crippen LogP contribution in [0.25, 0.3) is 0 Å². The Bertz CT molecular complexity index is 335. The van der Waals surface area contributed by atoms with Gasteiger partial charge >= 0.3 is 5.97 Å². The lowest BCUT2D eigenvalue weighted by Crippen LogP contribution is -2.25. The number of aryl methyl sites for hydroxylation is 1. The number of alkyl halides is 1. The van der Waals surface area contributed by atoms with E-state index < -0.39 is 12.1 Å². The fourth-order valence-electron chi connectivity index (χ4n) is 1.32. The Morgan fingerprint density at radius 2 is 2.06 bits per heavy atom. The standard InChI is InChI=1S/C12H15BrO3/c1-2-11(12(14)15)16-10-5-3-9(4-6-10)7-8-13/h3-6,11H,2,7-8H2,1H3,(H,14,15). The zero-order valence-corrected chi connectivity index (χ0v) is 10.7. The van der Waals surface area contributed by atoms with Gasteiger partial charge in [-0.15, -0.1) is 0 Å². The summed E-state index contributed by atoms with van der Waals surface area (Å²) < 4.78 is 5.35. The molecule has 1 unspecified atom stereocenters. The summed E-state index contributed by atoms with van der Waals surface area (Å²) in [7, 11) is 0. The van der Waals surface area contributed by atoms with E-state index in [1.165, 1.54) is 5.56 Å². The molecule has 0 fully saturated rings. The number of ether oxygens (including phenoxy) is 1. The number of hydrogen-bond acceptors (Lipinski definition) is 2. The van der Waals surface area contributed by atoms with Gasteiger partial charge in [-0.1, -0.05) is 35.0 Å². The first-order valence-electron chi connectivity index (χ1n) is 5.21. The van der Waals surface area contributed by atoms with Crippen LogP contribution in [-0.4, -0.2) is 22.5 Å². The van der Waals surface area contributed by atoms with Crippen LogP contribution in [0, 0.1) is 0 Å². The van der Waals surface area contributed by atoms with Gasteiger partial charge in [-0.05, 0) is 30.5 Å². The van der Waals surface area contributed by atoms with Gasteiger partial charge in [0.05, 0.1) is 0 Å². The summed E-state index contributed by atoms with van der Waals surface area (Å²) in [6.45, 7) is 1.79. The molecule has 1 aromatic rings. The molecule has 0 saturated carbocycles. The molecule has 0 amide bonds. The Morgan fingerprint density at radius 1 is 1.44 bits per heavy atom. The lowest BCUT2D eigenvalue weighted by atomic mass is 10.2. The van der Waals surface area contributed by atoms with E-state index in [4.69, 9.17) is 9.84 Å². The number of rotatable bonds is 6. The van der Waals surface area contributed by atoms with E-state index in [0.29, 0.717) is 12.2 Å². The topological polar surface area (TPSA) is 46.5 Å². The van der Waals surface area contributed by atoms with Crippen molar-refractivity contribution in [1.82, 2.24) is 0 Å². The van der Waals surface area contributed by atoms with Gasteiger partial charge < -0.3 is 9.84 Å². The van der Waals surface area contributed by atoms with Gasteiger partial charge in [-0.2, -0.15) is 0 Å². The van der Waals surface area contributed by atoms with Crippen molar-refractivity contribution in [3.63, 3.8) is 0 Å². The van der Waals surface area contributed by atoms with Crippen molar-refractivity contribution in [1.29, 1.82) is 0 Å². The van der Waals surface area contributed by atoms with Crippen LogP contribution < -0.4 is 4.74 Å². The monoisotopic (exact) mass is 286 g/mol. The smallest absolute Gasteiger partial charge is 0.344 e. The largest absolute Gasteiger partial charge is 0.479 e. The van der Waals surface area contributed by atoms with Gasteiger partial charge in [0, 0.05) is 5.33 Å². The Balaban J connectivity index is 2.63. The molecule has 0 spiro atoms. The molecule has 1 aromatic carbocycles. The normalized spacial score (nSPS) is 12.1. The van der Waals surface area contributed by atoms with Gasteiger partial charge in [-0.3, -0.25) is 0 Å². The molecule has 0 bridgehead atoms. The van der Waals surface area contributed by atoms with Crippen LogP contribution in [0.1, 0.15) is 18.9 Å². The molecule has 1 atom stereocenters. The third kappa shape index (κ3) is 3.85. The Hall–Kier alpha value is -1.03. The molecule has 0 radical (unpaired) electrons. The Kier molecular flexibility index (Phi) is 5.32. The predicted octanol–water partition coefficient (Wildman–Crippen LogP) is 2.87. The Labute approximate surface area is 104 Å². The molecule has 0 saturated heterocycles. The second kappa shape index (κ2) is 6.53. The van der Waals surface area contributed by atoms with Crippen LogP contribution in [0.5, 0.6) is 5.75 Å². The number of carboxylic acid groups (broad SMARTS) is 1. The maximum absolute atomic E-state index is 10.8. The zero-order chi connectivity index (χ0) is 12.0. The highest BCUT2D eigenvalue weighted by Gasteiger charge is 2.16. The average molecular weight is 287 g/mol. The number of hydrogen-bond donors (Lipinski definition) is 1. The second-order valence-corrected chi connectivity index (χ2v) is 4.23. The molecule has 0 heterocycles. The van der Waals surface area contributed by atoms with Crippen LogP contribution in [0.2, 0.25) is 0 Å². The molecule has 1 N–H and O–H groups in total. The lowest BCUT2D eigenvalue weighted by Gasteiger charge is -2.13. The quantitative estimate of drug-likeness (QED) is 0.818. The number of aliphatic carboxylic acids is 1. The van der Waals surface area contributed by atoms with Gasteiger partial charge in [-0.25, -0.2) is 4.79 Å².